The maximum Gasteiger partial charge on any atom is 0.105 e. The van der Waals surface area contributed by atoms with Crippen molar-refractivity contribution in [1.29, 1.82) is 0 Å². The Morgan fingerprint density at radius 1 is 1.31 bits per heavy atom. The van der Waals surface area contributed by atoms with Gasteiger partial charge in [-0.3, -0.25) is 0 Å². The van der Waals surface area contributed by atoms with Crippen molar-refractivity contribution in [2.45, 2.75) is 23.5 Å². The zero-order valence-electron chi connectivity index (χ0n) is 8.56. The van der Waals surface area contributed by atoms with E-state index >= 15 is 0 Å². The maximum absolute atomic E-state index is 9.77. The lowest BCUT2D eigenvalue weighted by Gasteiger charge is -2.17. The molecule has 2 N–H and O–H groups in total. The second-order valence-electron chi connectivity index (χ2n) is 3.35. The third kappa shape index (κ3) is 3.75. The van der Waals surface area contributed by atoms with Crippen LogP contribution in [0.25, 0.3) is 10.4 Å². The third-order valence-electron chi connectivity index (χ3n) is 2.19. The molecule has 0 aliphatic carbocycles. The average Bonchev–Trinajstić information content (AvgIpc) is 2.29. The van der Waals surface area contributed by atoms with Gasteiger partial charge in [-0.1, -0.05) is 17.2 Å². The van der Waals surface area contributed by atoms with Gasteiger partial charge in [0, 0.05) is 16.4 Å². The van der Waals surface area contributed by atoms with Crippen LogP contribution < -0.4 is 0 Å². The van der Waals surface area contributed by atoms with Crippen LogP contribution in [0.15, 0.2) is 34.3 Å². The standard InChI is InChI=1S/C10H13N3O2S/c11-13-12-6-5-9(14)10(15)7-1-3-8(16)4-2-7/h1-4,9-10,14-16H,5-6H2. The SMILES string of the molecule is [N-]=[N+]=NCCC(O)C(O)c1ccc(S)cc1. The molecule has 0 heterocycles. The number of hydrogen-bond donors (Lipinski definition) is 3. The molecule has 0 aliphatic rings. The van der Waals surface area contributed by atoms with E-state index in [0.29, 0.717) is 5.56 Å². The van der Waals surface area contributed by atoms with Crippen LogP contribution in [-0.2, 0) is 0 Å². The highest BCUT2D eigenvalue weighted by Gasteiger charge is 2.17. The fourth-order valence-electron chi connectivity index (χ4n) is 1.29. The fourth-order valence-corrected chi connectivity index (χ4v) is 1.44. The quantitative estimate of drug-likeness (QED) is 0.318. The number of hydrogen-bond acceptors (Lipinski definition) is 4. The van der Waals surface area contributed by atoms with E-state index in [0.717, 1.165) is 4.90 Å². The highest BCUT2D eigenvalue weighted by atomic mass is 32.1. The number of aliphatic hydroxyl groups is 2. The van der Waals surface area contributed by atoms with Gasteiger partial charge in [0.15, 0.2) is 0 Å². The molecule has 0 saturated carbocycles. The van der Waals surface area contributed by atoms with Gasteiger partial charge in [-0.05, 0) is 29.6 Å². The minimum absolute atomic E-state index is 0.166. The summed E-state index contributed by atoms with van der Waals surface area (Å²) in [6.07, 6.45) is -1.67. The molecule has 0 bridgehead atoms. The number of aliphatic hydroxyl groups excluding tert-OH is 2. The molecule has 2 atom stereocenters. The van der Waals surface area contributed by atoms with E-state index < -0.39 is 12.2 Å². The fraction of sp³-hybridized carbons (Fsp3) is 0.400. The van der Waals surface area contributed by atoms with Crippen LogP contribution in [0.5, 0.6) is 0 Å². The summed E-state index contributed by atoms with van der Waals surface area (Å²) in [6.45, 7) is 0.166. The number of thiol groups is 1. The number of azide groups is 1. The number of nitrogens with zero attached hydrogens (tertiary/aromatic N) is 3. The van der Waals surface area contributed by atoms with Crippen molar-refractivity contribution in [2.24, 2.45) is 5.11 Å². The topological polar surface area (TPSA) is 89.2 Å². The monoisotopic (exact) mass is 239 g/mol. The van der Waals surface area contributed by atoms with Gasteiger partial charge in [-0.25, -0.2) is 0 Å². The van der Waals surface area contributed by atoms with E-state index in [1.54, 1.807) is 24.3 Å². The lowest BCUT2D eigenvalue weighted by molar-refractivity contribution is 0.0150. The van der Waals surface area contributed by atoms with Crippen LogP contribution in [0, 0.1) is 0 Å². The lowest BCUT2D eigenvalue weighted by atomic mass is 10.0. The van der Waals surface area contributed by atoms with Crippen molar-refractivity contribution < 1.29 is 10.2 Å². The van der Waals surface area contributed by atoms with Crippen molar-refractivity contribution in [3.63, 3.8) is 0 Å². The molecule has 0 radical (unpaired) electrons. The first-order chi connectivity index (χ1) is 7.65. The highest BCUT2D eigenvalue weighted by molar-refractivity contribution is 7.80. The Morgan fingerprint density at radius 3 is 2.50 bits per heavy atom. The molecule has 0 saturated heterocycles. The van der Waals surface area contributed by atoms with Gasteiger partial charge in [-0.2, -0.15) is 0 Å². The molecule has 0 fully saturated rings. The molecular formula is C10H13N3O2S. The van der Waals surface area contributed by atoms with E-state index in [1.807, 2.05) is 0 Å². The minimum atomic E-state index is -0.970. The summed E-state index contributed by atoms with van der Waals surface area (Å²) in [7, 11) is 0. The van der Waals surface area contributed by atoms with Crippen LogP contribution in [0.4, 0.5) is 0 Å². The Hall–Kier alpha value is -1.20. The predicted octanol–water partition coefficient (Wildman–Crippen LogP) is 2.07. The van der Waals surface area contributed by atoms with Crippen molar-refractivity contribution in [1.82, 2.24) is 0 Å². The maximum atomic E-state index is 9.77. The van der Waals surface area contributed by atoms with Gasteiger partial charge in [0.25, 0.3) is 0 Å². The molecular weight excluding hydrogens is 226 g/mol. The Labute approximate surface area is 98.8 Å². The zero-order chi connectivity index (χ0) is 12.0. The average molecular weight is 239 g/mol. The van der Waals surface area contributed by atoms with Gasteiger partial charge >= 0.3 is 0 Å². The summed E-state index contributed by atoms with van der Waals surface area (Å²) in [6, 6.07) is 6.87. The molecule has 0 amide bonds. The molecule has 0 aromatic heterocycles. The molecule has 1 aromatic carbocycles. The van der Waals surface area contributed by atoms with E-state index in [1.165, 1.54) is 0 Å². The van der Waals surface area contributed by atoms with Gasteiger partial charge in [0.05, 0.1) is 6.10 Å². The molecule has 86 valence electrons. The molecule has 0 spiro atoms. The van der Waals surface area contributed by atoms with Gasteiger partial charge in [0.2, 0.25) is 0 Å². The first kappa shape index (κ1) is 12.9. The zero-order valence-corrected chi connectivity index (χ0v) is 9.46. The smallest absolute Gasteiger partial charge is 0.105 e. The summed E-state index contributed by atoms with van der Waals surface area (Å²) in [5, 5.41) is 22.7. The van der Waals surface area contributed by atoms with Crippen LogP contribution in [0.1, 0.15) is 18.1 Å². The van der Waals surface area contributed by atoms with Gasteiger partial charge < -0.3 is 10.2 Å². The molecule has 2 unspecified atom stereocenters. The number of benzene rings is 1. The highest BCUT2D eigenvalue weighted by Crippen LogP contribution is 2.20. The van der Waals surface area contributed by atoms with Crippen LogP contribution in [0.2, 0.25) is 0 Å². The van der Waals surface area contributed by atoms with E-state index in [4.69, 9.17) is 5.53 Å². The molecule has 16 heavy (non-hydrogen) atoms. The van der Waals surface area contributed by atoms with E-state index in [9.17, 15) is 10.2 Å². The Balaban J connectivity index is 2.58. The van der Waals surface area contributed by atoms with Crippen molar-refractivity contribution >= 4 is 12.6 Å². The summed E-state index contributed by atoms with van der Waals surface area (Å²) in [4.78, 5) is 3.36. The minimum Gasteiger partial charge on any atom is -0.390 e. The Kier molecular flexibility index (Phi) is 5.14. The lowest BCUT2D eigenvalue weighted by Crippen LogP contribution is -2.19. The molecule has 1 rings (SSSR count). The molecule has 5 nitrogen and oxygen atoms in total. The second-order valence-corrected chi connectivity index (χ2v) is 3.86. The van der Waals surface area contributed by atoms with Gasteiger partial charge in [0.1, 0.15) is 6.10 Å². The molecule has 6 heteroatoms. The predicted molar refractivity (Wildman–Crippen MR) is 63.3 cm³/mol. The first-order valence-electron chi connectivity index (χ1n) is 4.81. The first-order valence-corrected chi connectivity index (χ1v) is 5.26. The van der Waals surface area contributed by atoms with Gasteiger partial charge in [-0.15, -0.1) is 12.6 Å². The summed E-state index contributed by atoms with van der Waals surface area (Å²) in [5.41, 5.74) is 8.69. The Morgan fingerprint density at radius 2 is 1.94 bits per heavy atom. The molecule has 1 aromatic rings. The largest absolute Gasteiger partial charge is 0.390 e. The van der Waals surface area contributed by atoms with E-state index in [2.05, 4.69) is 22.7 Å². The van der Waals surface area contributed by atoms with Crippen molar-refractivity contribution in [2.75, 3.05) is 6.54 Å². The summed E-state index contributed by atoms with van der Waals surface area (Å²) >= 11 is 4.12. The van der Waals surface area contributed by atoms with Crippen molar-refractivity contribution in [3.05, 3.63) is 40.3 Å². The second kappa shape index (κ2) is 6.40. The summed E-state index contributed by atoms with van der Waals surface area (Å²) < 4.78 is 0. The van der Waals surface area contributed by atoms with E-state index in [-0.39, 0.29) is 13.0 Å². The number of rotatable bonds is 5. The van der Waals surface area contributed by atoms with Crippen LogP contribution in [0.3, 0.4) is 0 Å². The summed E-state index contributed by atoms with van der Waals surface area (Å²) in [5.74, 6) is 0. The Bertz CT molecular complexity index is 376. The van der Waals surface area contributed by atoms with Crippen LogP contribution in [-0.4, -0.2) is 22.9 Å². The normalized spacial score (nSPS) is 13.9. The van der Waals surface area contributed by atoms with Crippen molar-refractivity contribution in [3.8, 4) is 0 Å². The third-order valence-corrected chi connectivity index (χ3v) is 2.49. The molecule has 0 aliphatic heterocycles. The van der Waals surface area contributed by atoms with Crippen LogP contribution >= 0.6 is 12.6 Å².